The van der Waals surface area contributed by atoms with Crippen molar-refractivity contribution < 1.29 is 0 Å². The van der Waals surface area contributed by atoms with Crippen molar-refractivity contribution in [2.75, 3.05) is 0 Å². The molecule has 0 amide bonds. The quantitative estimate of drug-likeness (QED) is 0.670. The summed E-state index contributed by atoms with van der Waals surface area (Å²) in [6.07, 6.45) is 1.17. The summed E-state index contributed by atoms with van der Waals surface area (Å²) in [5.41, 5.74) is 4.29. The average Bonchev–Trinajstić information content (AvgIpc) is 2.73. The van der Waals surface area contributed by atoms with Gasteiger partial charge in [-0.1, -0.05) is 47.9 Å². The molecule has 1 aliphatic heterocycles. The van der Waals surface area contributed by atoms with Crippen molar-refractivity contribution in [1.29, 1.82) is 0 Å². The van der Waals surface area contributed by atoms with Crippen molar-refractivity contribution in [3.05, 3.63) is 59.7 Å². The third-order valence-corrected chi connectivity index (χ3v) is 4.47. The van der Waals surface area contributed by atoms with Gasteiger partial charge in [-0.3, -0.25) is 0 Å². The third-order valence-electron chi connectivity index (χ3n) is 3.10. The van der Waals surface area contributed by atoms with E-state index in [2.05, 4.69) is 56.4 Å². The Morgan fingerprint density at radius 1 is 1.00 bits per heavy atom. The molecule has 1 unspecified atom stereocenters. The Kier molecular flexibility index (Phi) is 2.52. The molecule has 3 rings (SSSR count). The number of hydrogen-bond acceptors (Lipinski definition) is 1. The van der Waals surface area contributed by atoms with Gasteiger partial charge in [0.05, 0.1) is 0 Å². The topological polar surface area (TPSA) is 0 Å². The molecule has 0 aliphatic carbocycles. The van der Waals surface area contributed by atoms with Crippen LogP contribution in [0.5, 0.6) is 0 Å². The van der Waals surface area contributed by atoms with Crippen molar-refractivity contribution in [1.82, 2.24) is 0 Å². The van der Waals surface area contributed by atoms with Gasteiger partial charge in [-0.25, -0.2) is 0 Å². The fraction of sp³-hybridized carbons (Fsp3) is 0.143. The van der Waals surface area contributed by atoms with Crippen LogP contribution in [0.1, 0.15) is 16.4 Å². The zero-order valence-electron chi connectivity index (χ0n) is 9.31. The van der Waals surface area contributed by atoms with Crippen LogP contribution in [-0.4, -0.2) is 7.85 Å². The standard InChI is InChI=1S/C14H13BS/c15-12-7-5-10(6-8-12)14-9-11-3-1-2-4-13(11)16-14/h1-8,14H,9,15H2. The first-order valence-electron chi connectivity index (χ1n) is 5.64. The Labute approximate surface area is 101 Å². The molecule has 0 saturated carbocycles. The summed E-state index contributed by atoms with van der Waals surface area (Å²) in [5, 5.41) is 0.609. The zero-order chi connectivity index (χ0) is 11.0. The summed E-state index contributed by atoms with van der Waals surface area (Å²) in [5.74, 6) is 0. The molecule has 2 aromatic rings. The Hall–Kier alpha value is -1.15. The minimum Gasteiger partial charge on any atom is -0.117 e. The van der Waals surface area contributed by atoms with Crippen LogP contribution < -0.4 is 5.46 Å². The van der Waals surface area contributed by atoms with Gasteiger partial charge in [-0.2, -0.15) is 0 Å². The number of rotatable bonds is 1. The lowest BCUT2D eigenvalue weighted by molar-refractivity contribution is 0.950. The van der Waals surface area contributed by atoms with E-state index < -0.39 is 0 Å². The van der Waals surface area contributed by atoms with Gasteiger partial charge < -0.3 is 0 Å². The lowest BCUT2D eigenvalue weighted by atomic mass is 9.94. The zero-order valence-corrected chi connectivity index (χ0v) is 10.1. The molecule has 0 nitrogen and oxygen atoms in total. The summed E-state index contributed by atoms with van der Waals surface area (Å²) >= 11 is 2.00. The number of hydrogen-bond donors (Lipinski definition) is 0. The first kappa shape index (κ1) is 10.0. The first-order valence-corrected chi connectivity index (χ1v) is 6.52. The van der Waals surface area contributed by atoms with Gasteiger partial charge in [0, 0.05) is 10.1 Å². The SMILES string of the molecule is Bc1ccc(C2Cc3ccccc3S2)cc1. The molecule has 0 saturated heterocycles. The summed E-state index contributed by atoms with van der Waals surface area (Å²) in [6, 6.07) is 17.7. The lowest BCUT2D eigenvalue weighted by Gasteiger charge is -2.08. The molecule has 78 valence electrons. The molecular weight excluding hydrogens is 211 g/mol. The van der Waals surface area contributed by atoms with Gasteiger partial charge in [-0.05, 0) is 23.6 Å². The van der Waals surface area contributed by atoms with Crippen LogP contribution in [0.3, 0.4) is 0 Å². The Morgan fingerprint density at radius 3 is 2.50 bits per heavy atom. The van der Waals surface area contributed by atoms with Crippen LogP contribution in [-0.2, 0) is 6.42 Å². The molecular formula is C14H13BS. The Balaban J connectivity index is 1.88. The molecule has 1 atom stereocenters. The van der Waals surface area contributed by atoms with E-state index in [0.717, 1.165) is 0 Å². The second kappa shape index (κ2) is 4.02. The highest BCUT2D eigenvalue weighted by Gasteiger charge is 2.22. The number of thioether (sulfide) groups is 1. The van der Waals surface area contributed by atoms with Gasteiger partial charge in [-0.15, -0.1) is 11.8 Å². The maximum absolute atomic E-state index is 2.26. The fourth-order valence-corrected chi connectivity index (χ4v) is 3.47. The largest absolute Gasteiger partial charge is 0.139 e. The Bertz CT molecular complexity index is 479. The van der Waals surface area contributed by atoms with E-state index in [9.17, 15) is 0 Å². The van der Waals surface area contributed by atoms with Gasteiger partial charge in [0.15, 0.2) is 0 Å². The normalized spacial score (nSPS) is 18.4. The van der Waals surface area contributed by atoms with Crippen molar-refractivity contribution in [2.24, 2.45) is 0 Å². The molecule has 0 spiro atoms. The molecule has 16 heavy (non-hydrogen) atoms. The number of benzene rings is 2. The molecule has 2 heteroatoms. The van der Waals surface area contributed by atoms with E-state index in [1.54, 1.807) is 0 Å². The van der Waals surface area contributed by atoms with Crippen LogP contribution in [0, 0.1) is 0 Å². The first-order chi connectivity index (χ1) is 7.83. The molecule has 1 heterocycles. The average molecular weight is 224 g/mol. The van der Waals surface area contributed by atoms with Crippen molar-refractivity contribution in [3.63, 3.8) is 0 Å². The lowest BCUT2D eigenvalue weighted by Crippen LogP contribution is -2.02. The van der Waals surface area contributed by atoms with E-state index >= 15 is 0 Å². The predicted molar refractivity (Wildman–Crippen MR) is 73.4 cm³/mol. The van der Waals surface area contributed by atoms with Crippen molar-refractivity contribution >= 4 is 25.1 Å². The minimum atomic E-state index is 0.609. The maximum Gasteiger partial charge on any atom is 0.139 e. The highest BCUT2D eigenvalue weighted by Crippen LogP contribution is 2.45. The van der Waals surface area contributed by atoms with E-state index in [1.165, 1.54) is 27.9 Å². The smallest absolute Gasteiger partial charge is 0.117 e. The molecule has 0 N–H and O–H groups in total. The second-order valence-electron chi connectivity index (χ2n) is 4.33. The van der Waals surface area contributed by atoms with E-state index in [0.29, 0.717) is 5.25 Å². The Morgan fingerprint density at radius 2 is 1.75 bits per heavy atom. The monoisotopic (exact) mass is 224 g/mol. The molecule has 0 radical (unpaired) electrons. The van der Waals surface area contributed by atoms with Crippen molar-refractivity contribution in [2.45, 2.75) is 16.6 Å². The molecule has 1 aliphatic rings. The van der Waals surface area contributed by atoms with Crippen molar-refractivity contribution in [3.8, 4) is 0 Å². The van der Waals surface area contributed by atoms with E-state index in [1.807, 2.05) is 11.8 Å². The van der Waals surface area contributed by atoms with Crippen LogP contribution in [0.25, 0.3) is 0 Å². The summed E-state index contributed by atoms with van der Waals surface area (Å²) < 4.78 is 0. The van der Waals surface area contributed by atoms with Crippen LogP contribution in [0.4, 0.5) is 0 Å². The van der Waals surface area contributed by atoms with E-state index in [-0.39, 0.29) is 0 Å². The number of fused-ring (bicyclic) bond motifs is 1. The summed E-state index contributed by atoms with van der Waals surface area (Å²) in [6.45, 7) is 0. The van der Waals surface area contributed by atoms with Gasteiger partial charge in [0.2, 0.25) is 0 Å². The minimum absolute atomic E-state index is 0.609. The maximum atomic E-state index is 2.26. The highest BCUT2D eigenvalue weighted by atomic mass is 32.2. The van der Waals surface area contributed by atoms with E-state index in [4.69, 9.17) is 0 Å². The van der Waals surface area contributed by atoms with Crippen LogP contribution in [0.2, 0.25) is 0 Å². The van der Waals surface area contributed by atoms with Crippen LogP contribution >= 0.6 is 11.8 Å². The van der Waals surface area contributed by atoms with Crippen LogP contribution in [0.15, 0.2) is 53.4 Å². The molecule has 0 aromatic heterocycles. The molecule has 2 aromatic carbocycles. The summed E-state index contributed by atoms with van der Waals surface area (Å²) in [4.78, 5) is 1.45. The molecule has 0 fully saturated rings. The fourth-order valence-electron chi connectivity index (χ4n) is 2.15. The van der Waals surface area contributed by atoms with Gasteiger partial charge >= 0.3 is 0 Å². The summed E-state index contributed by atoms with van der Waals surface area (Å²) in [7, 11) is 2.14. The highest BCUT2D eigenvalue weighted by molar-refractivity contribution is 7.99. The second-order valence-corrected chi connectivity index (χ2v) is 5.57. The third kappa shape index (κ3) is 1.78. The van der Waals surface area contributed by atoms with Gasteiger partial charge in [0.1, 0.15) is 7.85 Å². The van der Waals surface area contributed by atoms with Gasteiger partial charge in [0.25, 0.3) is 0 Å². The molecule has 0 bridgehead atoms. The predicted octanol–water partition coefficient (Wildman–Crippen LogP) is 2.33.